The molecule has 0 bridgehead atoms. The van der Waals surface area contributed by atoms with E-state index in [1.54, 1.807) is 12.1 Å². The highest BCUT2D eigenvalue weighted by Gasteiger charge is 2.51. The van der Waals surface area contributed by atoms with E-state index in [1.807, 2.05) is 39.0 Å². The fourth-order valence-corrected chi connectivity index (χ4v) is 2.26. The molecule has 0 radical (unpaired) electrons. The number of rotatable bonds is 4. The van der Waals surface area contributed by atoms with E-state index in [4.69, 9.17) is 0 Å². The molecule has 0 saturated carbocycles. The zero-order valence-corrected chi connectivity index (χ0v) is 12.7. The number of nitrogens with one attached hydrogen (secondary N) is 1. The number of para-hydroxylation sites is 1. The summed E-state index contributed by atoms with van der Waals surface area (Å²) < 4.78 is 0. The van der Waals surface area contributed by atoms with Crippen LogP contribution in [0.2, 0.25) is 0 Å². The Labute approximate surface area is 125 Å². The van der Waals surface area contributed by atoms with Gasteiger partial charge in [0.05, 0.1) is 0 Å². The van der Waals surface area contributed by atoms with Crippen LogP contribution in [0, 0.1) is 5.92 Å². The van der Waals surface area contributed by atoms with E-state index in [-0.39, 0.29) is 18.4 Å². The van der Waals surface area contributed by atoms with Crippen LogP contribution in [-0.2, 0) is 9.59 Å². The molecule has 2 rings (SSSR count). The van der Waals surface area contributed by atoms with E-state index in [0.717, 1.165) is 0 Å². The van der Waals surface area contributed by atoms with Crippen molar-refractivity contribution >= 4 is 17.5 Å². The molecule has 1 aromatic carbocycles. The number of carbonyl (C=O) groups excluding carboxylic acids is 2. The van der Waals surface area contributed by atoms with Crippen LogP contribution < -0.4 is 10.2 Å². The summed E-state index contributed by atoms with van der Waals surface area (Å²) in [6.45, 7) is 6.15. The monoisotopic (exact) mass is 290 g/mol. The van der Waals surface area contributed by atoms with Gasteiger partial charge in [0.1, 0.15) is 0 Å². The first kappa shape index (κ1) is 15.5. The molecular weight excluding hydrogens is 268 g/mol. The lowest BCUT2D eigenvalue weighted by Gasteiger charge is -2.25. The zero-order valence-electron chi connectivity index (χ0n) is 12.7. The van der Waals surface area contributed by atoms with Gasteiger partial charge in [-0.25, -0.2) is 0 Å². The fraction of sp³-hybridized carbons (Fsp3) is 0.500. The lowest BCUT2D eigenvalue weighted by molar-refractivity contribution is -0.149. The van der Waals surface area contributed by atoms with Gasteiger partial charge in [-0.05, 0) is 25.0 Å². The zero-order chi connectivity index (χ0) is 15.6. The van der Waals surface area contributed by atoms with Crippen molar-refractivity contribution in [1.82, 2.24) is 5.32 Å². The summed E-state index contributed by atoms with van der Waals surface area (Å²) in [5, 5.41) is 13.2. The third kappa shape index (κ3) is 2.93. The minimum atomic E-state index is -1.96. The average molecular weight is 290 g/mol. The van der Waals surface area contributed by atoms with Crippen molar-refractivity contribution in [3.05, 3.63) is 30.3 Å². The molecule has 1 aliphatic heterocycles. The van der Waals surface area contributed by atoms with Gasteiger partial charge in [0.2, 0.25) is 5.60 Å². The predicted octanol–water partition coefficient (Wildman–Crippen LogP) is 1.32. The van der Waals surface area contributed by atoms with E-state index >= 15 is 0 Å². The van der Waals surface area contributed by atoms with Crippen LogP contribution in [0.4, 0.5) is 5.69 Å². The normalized spacial score (nSPS) is 23.5. The molecule has 1 aliphatic rings. The van der Waals surface area contributed by atoms with Gasteiger partial charge >= 0.3 is 0 Å². The highest BCUT2D eigenvalue weighted by molar-refractivity contribution is 6.16. The number of amides is 2. The molecule has 5 heteroatoms. The van der Waals surface area contributed by atoms with Gasteiger partial charge < -0.3 is 15.3 Å². The summed E-state index contributed by atoms with van der Waals surface area (Å²) in [6.07, 6.45) is 0.109. The summed E-state index contributed by atoms with van der Waals surface area (Å²) >= 11 is 0. The van der Waals surface area contributed by atoms with Crippen LogP contribution >= 0.6 is 0 Å². The fourth-order valence-electron chi connectivity index (χ4n) is 2.26. The Morgan fingerprint density at radius 2 is 1.90 bits per heavy atom. The van der Waals surface area contributed by atoms with Gasteiger partial charge in [-0.2, -0.15) is 0 Å². The molecule has 114 valence electrons. The molecule has 1 heterocycles. The summed E-state index contributed by atoms with van der Waals surface area (Å²) in [5.74, 6) is -0.923. The highest BCUT2D eigenvalue weighted by atomic mass is 16.3. The standard InChI is InChI=1S/C16H22N2O3/c1-11(2)12(3)17-14(19)16(21)9-10-18(15(16)20)13-7-5-4-6-8-13/h4-8,11-12,21H,9-10H2,1-3H3,(H,17,19)/t12?,16-/m0/s1. The Balaban J connectivity index is 2.14. The van der Waals surface area contributed by atoms with Crippen LogP contribution in [-0.4, -0.2) is 35.1 Å². The third-order valence-corrected chi connectivity index (χ3v) is 4.10. The Morgan fingerprint density at radius 3 is 2.48 bits per heavy atom. The van der Waals surface area contributed by atoms with Crippen LogP contribution in [0.5, 0.6) is 0 Å². The molecule has 2 amide bonds. The van der Waals surface area contributed by atoms with Crippen molar-refractivity contribution in [1.29, 1.82) is 0 Å². The van der Waals surface area contributed by atoms with Crippen LogP contribution in [0.25, 0.3) is 0 Å². The molecule has 1 aromatic rings. The first-order valence-corrected chi connectivity index (χ1v) is 7.26. The molecule has 1 saturated heterocycles. The Bertz CT molecular complexity index is 530. The maximum Gasteiger partial charge on any atom is 0.268 e. The minimum Gasteiger partial charge on any atom is -0.372 e. The maximum atomic E-state index is 12.4. The van der Waals surface area contributed by atoms with Crippen molar-refractivity contribution in [2.75, 3.05) is 11.4 Å². The Kier molecular flexibility index (Phi) is 4.32. The smallest absolute Gasteiger partial charge is 0.268 e. The molecule has 21 heavy (non-hydrogen) atoms. The number of benzene rings is 1. The number of nitrogens with zero attached hydrogens (tertiary/aromatic N) is 1. The Hall–Kier alpha value is -1.88. The first-order chi connectivity index (χ1) is 9.86. The van der Waals surface area contributed by atoms with E-state index in [2.05, 4.69) is 5.32 Å². The summed E-state index contributed by atoms with van der Waals surface area (Å²) in [6, 6.07) is 8.98. The average Bonchev–Trinajstić information content (AvgIpc) is 2.77. The highest BCUT2D eigenvalue weighted by Crippen LogP contribution is 2.28. The van der Waals surface area contributed by atoms with Crippen molar-refractivity contribution in [2.24, 2.45) is 5.92 Å². The molecular formula is C16H22N2O3. The van der Waals surface area contributed by atoms with E-state index in [0.29, 0.717) is 12.2 Å². The lowest BCUT2D eigenvalue weighted by atomic mass is 9.99. The van der Waals surface area contributed by atoms with Gasteiger partial charge in [0.15, 0.2) is 0 Å². The molecule has 2 N–H and O–H groups in total. The second-order valence-electron chi connectivity index (χ2n) is 5.91. The maximum absolute atomic E-state index is 12.4. The number of hydrogen-bond donors (Lipinski definition) is 2. The van der Waals surface area contributed by atoms with Crippen LogP contribution in [0.3, 0.4) is 0 Å². The van der Waals surface area contributed by atoms with Crippen molar-refractivity contribution in [2.45, 2.75) is 38.8 Å². The first-order valence-electron chi connectivity index (χ1n) is 7.26. The summed E-state index contributed by atoms with van der Waals surface area (Å²) in [4.78, 5) is 26.2. The van der Waals surface area contributed by atoms with Crippen LogP contribution in [0.15, 0.2) is 30.3 Å². The SMILES string of the molecule is CC(C)C(C)NC(=O)[C@@]1(O)CCN(c2ccccc2)C1=O. The van der Waals surface area contributed by atoms with Gasteiger partial charge in [0, 0.05) is 24.7 Å². The third-order valence-electron chi connectivity index (χ3n) is 4.10. The second kappa shape index (κ2) is 5.85. The molecule has 0 aliphatic carbocycles. The summed E-state index contributed by atoms with van der Waals surface area (Å²) in [5.41, 5.74) is -1.26. The quantitative estimate of drug-likeness (QED) is 0.822. The van der Waals surface area contributed by atoms with Gasteiger partial charge in [-0.15, -0.1) is 0 Å². The van der Waals surface area contributed by atoms with Crippen molar-refractivity contribution < 1.29 is 14.7 Å². The molecule has 5 nitrogen and oxygen atoms in total. The van der Waals surface area contributed by atoms with Gasteiger partial charge in [0.25, 0.3) is 11.8 Å². The van der Waals surface area contributed by atoms with E-state index in [9.17, 15) is 14.7 Å². The number of hydrogen-bond acceptors (Lipinski definition) is 3. The van der Waals surface area contributed by atoms with E-state index < -0.39 is 17.4 Å². The predicted molar refractivity (Wildman–Crippen MR) is 80.8 cm³/mol. The molecule has 0 spiro atoms. The Morgan fingerprint density at radius 1 is 1.29 bits per heavy atom. The molecule has 1 unspecified atom stereocenters. The molecule has 2 atom stereocenters. The van der Waals surface area contributed by atoms with Crippen molar-refractivity contribution in [3.8, 4) is 0 Å². The topological polar surface area (TPSA) is 69.6 Å². The number of carbonyl (C=O) groups is 2. The second-order valence-corrected chi connectivity index (χ2v) is 5.91. The van der Waals surface area contributed by atoms with Crippen molar-refractivity contribution in [3.63, 3.8) is 0 Å². The van der Waals surface area contributed by atoms with Gasteiger partial charge in [-0.1, -0.05) is 32.0 Å². The lowest BCUT2D eigenvalue weighted by Crippen LogP contribution is -2.55. The number of aliphatic hydroxyl groups is 1. The largest absolute Gasteiger partial charge is 0.372 e. The minimum absolute atomic E-state index is 0.0971. The van der Waals surface area contributed by atoms with Crippen LogP contribution in [0.1, 0.15) is 27.2 Å². The van der Waals surface area contributed by atoms with E-state index in [1.165, 1.54) is 4.90 Å². The molecule has 0 aromatic heterocycles. The van der Waals surface area contributed by atoms with Gasteiger partial charge in [-0.3, -0.25) is 9.59 Å². The summed E-state index contributed by atoms with van der Waals surface area (Å²) in [7, 11) is 0. The molecule has 1 fully saturated rings. The number of anilines is 1.